The molecular weight excluding hydrogens is 258 g/mol. The molecule has 0 atom stereocenters. The topological polar surface area (TPSA) is 44.5 Å². The summed E-state index contributed by atoms with van der Waals surface area (Å²) in [5, 5.41) is 0. The third-order valence-corrected chi connectivity index (χ3v) is 2.30. The predicted octanol–water partition coefficient (Wildman–Crippen LogP) is 2.84. The van der Waals surface area contributed by atoms with Crippen LogP contribution in [-0.2, 0) is 4.74 Å². The molecule has 1 rings (SSSR count). The highest BCUT2D eigenvalue weighted by atomic mass is 79.9. The van der Waals surface area contributed by atoms with Gasteiger partial charge in [0.25, 0.3) is 0 Å². The van der Waals surface area contributed by atoms with E-state index in [0.717, 1.165) is 17.5 Å². The van der Waals surface area contributed by atoms with Crippen molar-refractivity contribution in [2.75, 3.05) is 25.6 Å². The first-order valence-corrected chi connectivity index (χ1v) is 5.79. The van der Waals surface area contributed by atoms with Crippen LogP contribution in [0.4, 0.5) is 5.69 Å². The van der Waals surface area contributed by atoms with Crippen LogP contribution in [0.2, 0.25) is 0 Å². The number of anilines is 1. The molecule has 15 heavy (non-hydrogen) atoms. The van der Waals surface area contributed by atoms with Gasteiger partial charge in [-0.15, -0.1) is 0 Å². The van der Waals surface area contributed by atoms with Gasteiger partial charge in [0.1, 0.15) is 12.4 Å². The number of ether oxygens (including phenoxy) is 2. The molecule has 0 radical (unpaired) electrons. The minimum absolute atomic E-state index is 0.528. The van der Waals surface area contributed by atoms with Crippen molar-refractivity contribution in [2.45, 2.75) is 13.3 Å². The molecule has 1 aromatic rings. The Kier molecular flexibility index (Phi) is 5.50. The van der Waals surface area contributed by atoms with Gasteiger partial charge in [-0.05, 0) is 24.6 Å². The van der Waals surface area contributed by atoms with E-state index in [4.69, 9.17) is 15.2 Å². The van der Waals surface area contributed by atoms with E-state index in [2.05, 4.69) is 22.9 Å². The minimum atomic E-state index is 0.528. The molecule has 0 bridgehead atoms. The van der Waals surface area contributed by atoms with Crippen molar-refractivity contribution in [3.63, 3.8) is 0 Å². The summed E-state index contributed by atoms with van der Waals surface area (Å²) in [6.45, 7) is 3.98. The number of benzene rings is 1. The fourth-order valence-electron chi connectivity index (χ4n) is 1.09. The normalized spacial score (nSPS) is 10.3. The zero-order valence-electron chi connectivity index (χ0n) is 8.83. The number of nitrogens with two attached hydrogens (primary N) is 1. The van der Waals surface area contributed by atoms with Gasteiger partial charge in [0, 0.05) is 11.1 Å². The number of hydrogen-bond donors (Lipinski definition) is 1. The van der Waals surface area contributed by atoms with Gasteiger partial charge in [0.2, 0.25) is 0 Å². The van der Waals surface area contributed by atoms with Crippen molar-refractivity contribution in [1.82, 2.24) is 0 Å². The van der Waals surface area contributed by atoms with Crippen LogP contribution < -0.4 is 10.5 Å². The largest absolute Gasteiger partial charge is 0.489 e. The molecule has 0 heterocycles. The summed E-state index contributed by atoms with van der Waals surface area (Å²) in [6.07, 6.45) is 1.03. The maximum atomic E-state index is 5.74. The standard InChI is InChI=1S/C11H16BrNO2/c1-2-5-14-6-7-15-11-8-9(12)3-4-10(11)13/h3-4,8H,2,5-7,13H2,1H3. The van der Waals surface area contributed by atoms with E-state index in [-0.39, 0.29) is 0 Å². The third kappa shape index (κ3) is 4.53. The maximum absolute atomic E-state index is 5.74. The van der Waals surface area contributed by atoms with E-state index in [0.29, 0.717) is 24.7 Å². The summed E-state index contributed by atoms with van der Waals surface area (Å²) in [7, 11) is 0. The van der Waals surface area contributed by atoms with Gasteiger partial charge in [0.15, 0.2) is 0 Å². The Bertz CT molecular complexity index is 305. The quantitative estimate of drug-likeness (QED) is 0.640. The monoisotopic (exact) mass is 273 g/mol. The lowest BCUT2D eigenvalue weighted by Gasteiger charge is -2.09. The minimum Gasteiger partial charge on any atom is -0.489 e. The fraction of sp³-hybridized carbons (Fsp3) is 0.455. The van der Waals surface area contributed by atoms with Gasteiger partial charge in [-0.3, -0.25) is 0 Å². The van der Waals surface area contributed by atoms with E-state index >= 15 is 0 Å². The summed E-state index contributed by atoms with van der Waals surface area (Å²) in [5.41, 5.74) is 6.39. The van der Waals surface area contributed by atoms with Crippen LogP contribution in [0.1, 0.15) is 13.3 Å². The Labute approximate surface area is 98.7 Å². The molecule has 3 nitrogen and oxygen atoms in total. The molecule has 2 N–H and O–H groups in total. The average Bonchev–Trinajstić information content (AvgIpc) is 2.23. The van der Waals surface area contributed by atoms with Crippen LogP contribution in [0.5, 0.6) is 5.75 Å². The number of halogens is 1. The van der Waals surface area contributed by atoms with E-state index < -0.39 is 0 Å². The lowest BCUT2D eigenvalue weighted by Crippen LogP contribution is -2.08. The van der Waals surface area contributed by atoms with Crippen molar-refractivity contribution in [1.29, 1.82) is 0 Å². The first-order valence-electron chi connectivity index (χ1n) is 4.99. The molecule has 0 saturated heterocycles. The predicted molar refractivity (Wildman–Crippen MR) is 65.2 cm³/mol. The Balaban J connectivity index is 2.33. The Morgan fingerprint density at radius 2 is 2.07 bits per heavy atom. The van der Waals surface area contributed by atoms with Gasteiger partial charge in [-0.25, -0.2) is 0 Å². The smallest absolute Gasteiger partial charge is 0.143 e. The van der Waals surface area contributed by atoms with Crippen LogP contribution in [0.3, 0.4) is 0 Å². The van der Waals surface area contributed by atoms with Crippen molar-refractivity contribution in [3.8, 4) is 5.75 Å². The van der Waals surface area contributed by atoms with Gasteiger partial charge in [-0.1, -0.05) is 22.9 Å². The molecule has 0 aliphatic carbocycles. The molecule has 4 heteroatoms. The summed E-state index contributed by atoms with van der Waals surface area (Å²) in [5.74, 6) is 0.699. The van der Waals surface area contributed by atoms with E-state index in [9.17, 15) is 0 Å². The van der Waals surface area contributed by atoms with Gasteiger partial charge in [0.05, 0.1) is 12.3 Å². The summed E-state index contributed by atoms with van der Waals surface area (Å²) in [4.78, 5) is 0. The number of nitrogen functional groups attached to an aromatic ring is 1. The van der Waals surface area contributed by atoms with Gasteiger partial charge >= 0.3 is 0 Å². The number of rotatable bonds is 6. The van der Waals surface area contributed by atoms with Crippen LogP contribution >= 0.6 is 15.9 Å². The maximum Gasteiger partial charge on any atom is 0.143 e. The van der Waals surface area contributed by atoms with E-state index in [1.165, 1.54) is 0 Å². The molecular formula is C11H16BrNO2. The lowest BCUT2D eigenvalue weighted by atomic mass is 10.3. The highest BCUT2D eigenvalue weighted by Crippen LogP contribution is 2.25. The van der Waals surface area contributed by atoms with Crippen LogP contribution in [-0.4, -0.2) is 19.8 Å². The molecule has 1 aromatic carbocycles. The first kappa shape index (κ1) is 12.3. The fourth-order valence-corrected chi connectivity index (χ4v) is 1.43. The zero-order valence-corrected chi connectivity index (χ0v) is 10.4. The van der Waals surface area contributed by atoms with Crippen LogP contribution in [0.25, 0.3) is 0 Å². The van der Waals surface area contributed by atoms with Crippen molar-refractivity contribution >= 4 is 21.6 Å². The second kappa shape index (κ2) is 6.69. The molecule has 0 unspecified atom stereocenters. The Morgan fingerprint density at radius 3 is 2.80 bits per heavy atom. The zero-order chi connectivity index (χ0) is 11.1. The van der Waals surface area contributed by atoms with Crippen LogP contribution in [0.15, 0.2) is 22.7 Å². The molecule has 0 saturated carbocycles. The van der Waals surface area contributed by atoms with Gasteiger partial charge < -0.3 is 15.2 Å². The first-order chi connectivity index (χ1) is 7.24. The van der Waals surface area contributed by atoms with E-state index in [1.54, 1.807) is 0 Å². The van der Waals surface area contributed by atoms with Crippen molar-refractivity contribution in [2.24, 2.45) is 0 Å². The summed E-state index contributed by atoms with van der Waals surface area (Å²) < 4.78 is 11.7. The molecule has 0 aliphatic rings. The molecule has 0 aliphatic heterocycles. The highest BCUT2D eigenvalue weighted by molar-refractivity contribution is 9.10. The highest BCUT2D eigenvalue weighted by Gasteiger charge is 2.00. The summed E-state index contributed by atoms with van der Waals surface area (Å²) in [6, 6.07) is 5.55. The molecule has 0 aromatic heterocycles. The summed E-state index contributed by atoms with van der Waals surface area (Å²) >= 11 is 3.36. The van der Waals surface area contributed by atoms with Crippen LogP contribution in [0, 0.1) is 0 Å². The third-order valence-electron chi connectivity index (χ3n) is 1.81. The molecule has 0 fully saturated rings. The Hall–Kier alpha value is -0.740. The molecule has 0 spiro atoms. The lowest BCUT2D eigenvalue weighted by molar-refractivity contribution is 0.101. The Morgan fingerprint density at radius 1 is 1.27 bits per heavy atom. The van der Waals surface area contributed by atoms with E-state index in [1.807, 2.05) is 18.2 Å². The van der Waals surface area contributed by atoms with Gasteiger partial charge in [-0.2, -0.15) is 0 Å². The van der Waals surface area contributed by atoms with Crippen molar-refractivity contribution in [3.05, 3.63) is 22.7 Å². The second-order valence-corrected chi connectivity index (χ2v) is 4.06. The SMILES string of the molecule is CCCOCCOc1cc(Br)ccc1N. The second-order valence-electron chi connectivity index (χ2n) is 3.14. The molecule has 84 valence electrons. The number of hydrogen-bond acceptors (Lipinski definition) is 3. The average molecular weight is 274 g/mol. The van der Waals surface area contributed by atoms with Crippen molar-refractivity contribution < 1.29 is 9.47 Å². The molecule has 0 amide bonds.